The topological polar surface area (TPSA) is 256 Å². The minimum Gasteiger partial charge on any atom is -0.506 e. The Morgan fingerprint density at radius 1 is 0.577 bits per heavy atom. The Bertz CT molecular complexity index is 2780. The number of aromatic hydroxyl groups is 3. The van der Waals surface area contributed by atoms with Crippen LogP contribution in [-0.2, 0) is 20.2 Å². The Balaban J connectivity index is 1.32. The maximum absolute atomic E-state index is 12.0. The van der Waals surface area contributed by atoms with Gasteiger partial charge in [0.25, 0.3) is 20.2 Å². The van der Waals surface area contributed by atoms with E-state index in [9.17, 15) is 51.2 Å². The minimum atomic E-state index is -4.95. The van der Waals surface area contributed by atoms with Crippen molar-refractivity contribution >= 4 is 70.5 Å². The number of carboxylic acids is 1. The van der Waals surface area contributed by atoms with Crippen molar-refractivity contribution in [2.45, 2.75) is 23.6 Å². The molecule has 264 valence electrons. The monoisotopic (exact) mass is 742 g/mol. The number of phenolic OH excluding ortho intramolecular Hbond substituents is 2. The van der Waals surface area contributed by atoms with Gasteiger partial charge in [-0.2, -0.15) is 27.1 Å². The number of benzene rings is 6. The van der Waals surface area contributed by atoms with Crippen LogP contribution in [0.5, 0.6) is 17.2 Å². The highest BCUT2D eigenvalue weighted by Gasteiger charge is 2.26. The molecule has 6 aromatic rings. The molecule has 6 rings (SSSR count). The highest BCUT2D eigenvalue weighted by atomic mass is 32.2. The highest BCUT2D eigenvalue weighted by Crippen LogP contribution is 2.45. The average Bonchev–Trinajstić information content (AvgIpc) is 3.07. The van der Waals surface area contributed by atoms with Gasteiger partial charge in [0.1, 0.15) is 38.2 Å². The summed E-state index contributed by atoms with van der Waals surface area (Å²) in [6, 6.07) is 20.3. The third-order valence-electron chi connectivity index (χ3n) is 8.18. The second-order valence-electron chi connectivity index (χ2n) is 11.6. The van der Waals surface area contributed by atoms with E-state index in [1.54, 1.807) is 56.3 Å². The van der Waals surface area contributed by atoms with E-state index < -0.39 is 64.1 Å². The lowest BCUT2D eigenvalue weighted by atomic mass is 10.00. The quantitative estimate of drug-likeness (QED) is 0.0637. The molecule has 52 heavy (non-hydrogen) atoms. The number of aromatic carboxylic acids is 1. The Hall–Kier alpha value is -6.27. The number of phenols is 3. The molecule has 17 heteroatoms. The number of fused-ring (bicyclic) bond motifs is 2. The zero-order chi connectivity index (χ0) is 37.7. The van der Waals surface area contributed by atoms with Gasteiger partial charge < -0.3 is 20.4 Å². The number of hydrogen-bond donors (Lipinski definition) is 6. The van der Waals surface area contributed by atoms with Crippen LogP contribution in [0, 0.1) is 13.8 Å². The first-order valence-electron chi connectivity index (χ1n) is 15.0. The van der Waals surface area contributed by atoms with Gasteiger partial charge >= 0.3 is 5.97 Å². The second-order valence-corrected chi connectivity index (χ2v) is 14.4. The molecule has 0 saturated carbocycles. The average molecular weight is 743 g/mol. The number of hydrogen-bond acceptors (Lipinski definition) is 12. The van der Waals surface area contributed by atoms with E-state index in [1.807, 2.05) is 6.07 Å². The first kappa shape index (κ1) is 35.6. The largest absolute Gasteiger partial charge is 0.506 e. The lowest BCUT2D eigenvalue weighted by Crippen LogP contribution is -2.04. The van der Waals surface area contributed by atoms with Gasteiger partial charge in [0, 0.05) is 16.2 Å². The fourth-order valence-electron chi connectivity index (χ4n) is 5.62. The maximum Gasteiger partial charge on any atom is 0.339 e. The number of azo groups is 2. The predicted molar refractivity (Wildman–Crippen MR) is 189 cm³/mol. The number of nitrogens with zero attached hydrogens (tertiary/aromatic N) is 4. The van der Waals surface area contributed by atoms with E-state index in [0.717, 1.165) is 29.3 Å². The molecule has 0 aliphatic rings. The molecule has 15 nitrogen and oxygen atoms in total. The SMILES string of the molecule is Cc1cc(-c2ccc(N=Nc3c(O)ccc4c(S(=O)(=O)O)cc(C(=O)O)c(O)c34)c(C)c2)ccc1N=Nc1cc(S(=O)(=O)O)c2ccccc2c1O. The van der Waals surface area contributed by atoms with Crippen LogP contribution in [0.25, 0.3) is 32.7 Å². The summed E-state index contributed by atoms with van der Waals surface area (Å²) in [5.41, 5.74) is 2.08. The molecule has 0 spiro atoms. The molecule has 0 saturated heterocycles. The predicted octanol–water partition coefficient (Wildman–Crippen LogP) is 8.42. The van der Waals surface area contributed by atoms with Crippen molar-refractivity contribution in [3.8, 4) is 28.4 Å². The molecule has 0 fully saturated rings. The normalized spacial score (nSPS) is 12.4. The van der Waals surface area contributed by atoms with Crippen LogP contribution in [0.15, 0.2) is 115 Å². The molecule has 0 aliphatic heterocycles. The third-order valence-corrected chi connectivity index (χ3v) is 9.97. The molecule has 0 unspecified atom stereocenters. The van der Waals surface area contributed by atoms with Crippen LogP contribution < -0.4 is 0 Å². The lowest BCUT2D eigenvalue weighted by Gasteiger charge is -2.12. The summed E-state index contributed by atoms with van der Waals surface area (Å²) in [4.78, 5) is 10.5. The standard InChI is InChI=1S/C35H26N4O11S2/c1-17-13-19(7-10-25(17)36-38-27-16-30(52(48,49)50)21-5-3-4-6-22(21)33(27)41)20-8-11-26(18(2)14-20)37-39-32-28(40)12-9-23-29(51(45,46)47)15-24(35(43)44)34(42)31(23)32/h3-16,40-42H,1-2H3,(H,43,44)(H,45,46,47)(H,48,49,50). The summed E-state index contributed by atoms with van der Waals surface area (Å²) in [6.45, 7) is 3.50. The highest BCUT2D eigenvalue weighted by molar-refractivity contribution is 7.86. The second kappa shape index (κ2) is 13.1. The Labute approximate surface area is 295 Å². The van der Waals surface area contributed by atoms with Gasteiger partial charge in [-0.1, -0.05) is 36.4 Å². The zero-order valence-electron chi connectivity index (χ0n) is 26.9. The van der Waals surface area contributed by atoms with Gasteiger partial charge in [-0.05, 0) is 84.6 Å². The molecular weight excluding hydrogens is 717 g/mol. The smallest absolute Gasteiger partial charge is 0.339 e. The summed E-state index contributed by atoms with van der Waals surface area (Å²) < 4.78 is 67.6. The van der Waals surface area contributed by atoms with Crippen LogP contribution in [0.3, 0.4) is 0 Å². The number of rotatable bonds is 8. The number of carbonyl (C=O) groups is 1. The number of aryl methyl sites for hydroxylation is 2. The Morgan fingerprint density at radius 3 is 1.63 bits per heavy atom. The first-order chi connectivity index (χ1) is 24.5. The maximum atomic E-state index is 12.0. The molecule has 0 aromatic heterocycles. The Morgan fingerprint density at radius 2 is 1.10 bits per heavy atom. The van der Waals surface area contributed by atoms with E-state index in [2.05, 4.69) is 20.5 Å². The minimum absolute atomic E-state index is 0.124. The van der Waals surface area contributed by atoms with E-state index in [4.69, 9.17) is 0 Å². The van der Waals surface area contributed by atoms with E-state index >= 15 is 0 Å². The third kappa shape index (κ3) is 6.63. The van der Waals surface area contributed by atoms with Crippen LogP contribution in [0.4, 0.5) is 22.7 Å². The first-order valence-corrected chi connectivity index (χ1v) is 17.8. The van der Waals surface area contributed by atoms with Gasteiger partial charge in [0.05, 0.1) is 16.8 Å². The number of carboxylic acid groups (broad SMARTS) is 1. The van der Waals surface area contributed by atoms with E-state index in [-0.39, 0.29) is 27.6 Å². The molecule has 0 aliphatic carbocycles. The summed E-state index contributed by atoms with van der Waals surface area (Å²) in [5, 5.41) is 57.6. The zero-order valence-corrected chi connectivity index (χ0v) is 28.5. The molecule has 6 N–H and O–H groups in total. The Kier molecular flexibility index (Phi) is 8.97. The molecule has 0 amide bonds. The van der Waals surface area contributed by atoms with Gasteiger partial charge in [-0.3, -0.25) is 9.11 Å². The van der Waals surface area contributed by atoms with Gasteiger partial charge in [-0.25, -0.2) is 4.79 Å². The van der Waals surface area contributed by atoms with Crippen molar-refractivity contribution in [2.75, 3.05) is 0 Å². The molecule has 0 radical (unpaired) electrons. The van der Waals surface area contributed by atoms with Crippen LogP contribution in [-0.4, -0.2) is 52.3 Å². The van der Waals surface area contributed by atoms with Crippen LogP contribution in [0.2, 0.25) is 0 Å². The van der Waals surface area contributed by atoms with Gasteiger partial charge in [0.2, 0.25) is 0 Å². The van der Waals surface area contributed by atoms with Crippen molar-refractivity contribution < 1.29 is 51.2 Å². The lowest BCUT2D eigenvalue weighted by molar-refractivity contribution is 0.0693. The molecular formula is C35H26N4O11S2. The molecule has 0 heterocycles. The fraction of sp³-hybridized carbons (Fsp3) is 0.0571. The van der Waals surface area contributed by atoms with Crippen LogP contribution in [0.1, 0.15) is 21.5 Å². The van der Waals surface area contributed by atoms with Gasteiger partial charge in [0.15, 0.2) is 5.75 Å². The van der Waals surface area contributed by atoms with Gasteiger partial charge in [-0.15, -0.1) is 10.2 Å². The summed E-state index contributed by atoms with van der Waals surface area (Å²) >= 11 is 0. The molecule has 0 atom stereocenters. The van der Waals surface area contributed by atoms with E-state index in [0.29, 0.717) is 28.6 Å². The van der Waals surface area contributed by atoms with Crippen LogP contribution >= 0.6 is 0 Å². The molecule has 6 aromatic carbocycles. The van der Waals surface area contributed by atoms with Crippen molar-refractivity contribution in [3.63, 3.8) is 0 Å². The summed E-state index contributed by atoms with van der Waals surface area (Å²) in [7, 11) is -9.59. The van der Waals surface area contributed by atoms with Crippen molar-refractivity contribution in [1.29, 1.82) is 0 Å². The van der Waals surface area contributed by atoms with E-state index in [1.165, 1.54) is 12.1 Å². The summed E-state index contributed by atoms with van der Waals surface area (Å²) in [6.07, 6.45) is 0. The molecule has 0 bridgehead atoms. The van der Waals surface area contributed by atoms with Crippen molar-refractivity contribution in [1.82, 2.24) is 0 Å². The summed E-state index contributed by atoms with van der Waals surface area (Å²) in [5.74, 6) is -3.44. The van der Waals surface area contributed by atoms with Crippen molar-refractivity contribution in [3.05, 3.63) is 102 Å². The fourth-order valence-corrected chi connectivity index (χ4v) is 7.05. The van der Waals surface area contributed by atoms with Crippen molar-refractivity contribution in [2.24, 2.45) is 20.5 Å².